The average molecular weight is 245 g/mol. The molecule has 0 spiro atoms. The maximum Gasteiger partial charge on any atom is 0.238 e. The Kier molecular flexibility index (Phi) is 2.36. The van der Waals surface area contributed by atoms with Crippen molar-refractivity contribution in [2.45, 2.75) is 26.2 Å². The van der Waals surface area contributed by atoms with Crippen LogP contribution in [0.5, 0.6) is 0 Å². The highest BCUT2D eigenvalue weighted by Gasteiger charge is 2.50. The Balaban J connectivity index is 2.02. The molecule has 1 aliphatic heterocycles. The van der Waals surface area contributed by atoms with Gasteiger partial charge in [-0.2, -0.15) is 0 Å². The van der Waals surface area contributed by atoms with Crippen molar-refractivity contribution in [2.24, 2.45) is 11.8 Å². The van der Waals surface area contributed by atoms with Crippen LogP contribution >= 0.6 is 0 Å². The van der Waals surface area contributed by atoms with Gasteiger partial charge in [0.05, 0.1) is 23.7 Å². The first kappa shape index (κ1) is 11.2. The Morgan fingerprint density at radius 1 is 1.28 bits per heavy atom. The standard InChI is InChI=1S/C13H15N3O2/c1-7-5-8(14)6-15-11(7)16-12(17)9-3-2-4-10(9)13(16)18/h5-6,9-10H,2-4,14H2,1H3. The van der Waals surface area contributed by atoms with Gasteiger partial charge in [-0.25, -0.2) is 9.88 Å². The van der Waals surface area contributed by atoms with Crippen LogP contribution in [0.4, 0.5) is 11.5 Å². The van der Waals surface area contributed by atoms with Gasteiger partial charge in [0.2, 0.25) is 11.8 Å². The van der Waals surface area contributed by atoms with Gasteiger partial charge in [0.1, 0.15) is 5.82 Å². The topological polar surface area (TPSA) is 76.3 Å². The summed E-state index contributed by atoms with van der Waals surface area (Å²) in [5.41, 5.74) is 6.93. The molecule has 2 aliphatic rings. The number of carbonyl (C=O) groups excluding carboxylic acids is 2. The summed E-state index contributed by atoms with van der Waals surface area (Å²) in [6.45, 7) is 1.81. The van der Waals surface area contributed by atoms with Crippen LogP contribution in [0, 0.1) is 18.8 Å². The molecule has 94 valence electrons. The van der Waals surface area contributed by atoms with Crippen LogP contribution in [0.25, 0.3) is 0 Å². The molecule has 5 nitrogen and oxygen atoms in total. The zero-order chi connectivity index (χ0) is 12.9. The van der Waals surface area contributed by atoms with E-state index in [0.29, 0.717) is 11.5 Å². The Bertz CT molecular complexity index is 519. The lowest BCUT2D eigenvalue weighted by Gasteiger charge is -2.17. The number of fused-ring (bicyclic) bond motifs is 1. The monoisotopic (exact) mass is 245 g/mol. The minimum Gasteiger partial charge on any atom is -0.397 e. The van der Waals surface area contributed by atoms with Crippen molar-refractivity contribution in [1.82, 2.24) is 4.98 Å². The van der Waals surface area contributed by atoms with Gasteiger partial charge >= 0.3 is 0 Å². The number of carbonyl (C=O) groups is 2. The number of nitrogens with zero attached hydrogens (tertiary/aromatic N) is 2. The number of nitrogen functional groups attached to an aromatic ring is 1. The minimum atomic E-state index is -0.128. The fourth-order valence-electron chi connectivity index (χ4n) is 3.02. The third-order valence-electron chi connectivity index (χ3n) is 3.87. The van der Waals surface area contributed by atoms with E-state index in [1.807, 2.05) is 6.92 Å². The molecule has 2 heterocycles. The number of aromatic nitrogens is 1. The van der Waals surface area contributed by atoms with E-state index >= 15 is 0 Å². The molecule has 1 aromatic heterocycles. The number of anilines is 2. The summed E-state index contributed by atoms with van der Waals surface area (Å²) in [7, 11) is 0. The second kappa shape index (κ2) is 3.80. The number of imide groups is 1. The largest absolute Gasteiger partial charge is 0.397 e. The Labute approximate surface area is 105 Å². The Morgan fingerprint density at radius 3 is 2.44 bits per heavy atom. The summed E-state index contributed by atoms with van der Waals surface area (Å²) in [6, 6.07) is 1.73. The van der Waals surface area contributed by atoms with Gasteiger partial charge in [-0.1, -0.05) is 6.42 Å². The number of hydrogen-bond acceptors (Lipinski definition) is 4. The minimum absolute atomic E-state index is 0.0946. The number of rotatable bonds is 1. The molecule has 2 amide bonds. The highest BCUT2D eigenvalue weighted by molar-refractivity contribution is 6.22. The first-order valence-electron chi connectivity index (χ1n) is 6.19. The third kappa shape index (κ3) is 1.43. The van der Waals surface area contributed by atoms with E-state index in [1.54, 1.807) is 6.07 Å². The quantitative estimate of drug-likeness (QED) is 0.756. The van der Waals surface area contributed by atoms with Gasteiger partial charge < -0.3 is 5.73 Å². The molecule has 0 radical (unpaired) electrons. The third-order valence-corrected chi connectivity index (χ3v) is 3.87. The molecule has 0 bridgehead atoms. The van der Waals surface area contributed by atoms with Crippen LogP contribution < -0.4 is 10.6 Å². The van der Waals surface area contributed by atoms with Crippen LogP contribution in [-0.4, -0.2) is 16.8 Å². The van der Waals surface area contributed by atoms with E-state index in [0.717, 1.165) is 24.8 Å². The molecular weight excluding hydrogens is 230 g/mol. The van der Waals surface area contributed by atoms with Crippen molar-refractivity contribution in [2.75, 3.05) is 10.6 Å². The molecule has 2 fully saturated rings. The van der Waals surface area contributed by atoms with Crippen LogP contribution in [-0.2, 0) is 9.59 Å². The molecule has 2 N–H and O–H groups in total. The van der Waals surface area contributed by atoms with Crippen LogP contribution in [0.2, 0.25) is 0 Å². The fourth-order valence-corrected chi connectivity index (χ4v) is 3.02. The van der Waals surface area contributed by atoms with Crippen LogP contribution in [0.15, 0.2) is 12.3 Å². The zero-order valence-electron chi connectivity index (χ0n) is 10.2. The second-order valence-electron chi connectivity index (χ2n) is 5.06. The normalized spacial score (nSPS) is 26.8. The smallest absolute Gasteiger partial charge is 0.238 e. The van der Waals surface area contributed by atoms with Crippen molar-refractivity contribution in [1.29, 1.82) is 0 Å². The van der Waals surface area contributed by atoms with Gasteiger partial charge in [-0.15, -0.1) is 0 Å². The van der Waals surface area contributed by atoms with Gasteiger partial charge in [0, 0.05) is 0 Å². The van der Waals surface area contributed by atoms with Gasteiger partial charge in [0.15, 0.2) is 0 Å². The summed E-state index contributed by atoms with van der Waals surface area (Å²) in [4.78, 5) is 29.9. The zero-order valence-corrected chi connectivity index (χ0v) is 10.2. The predicted molar refractivity (Wildman–Crippen MR) is 66.7 cm³/mol. The maximum atomic E-state index is 12.3. The average Bonchev–Trinajstić information content (AvgIpc) is 2.87. The van der Waals surface area contributed by atoms with E-state index in [-0.39, 0.29) is 23.7 Å². The first-order chi connectivity index (χ1) is 8.59. The van der Waals surface area contributed by atoms with Gasteiger partial charge in [-0.05, 0) is 31.4 Å². The van der Waals surface area contributed by atoms with Crippen molar-refractivity contribution in [3.05, 3.63) is 17.8 Å². The highest BCUT2D eigenvalue weighted by atomic mass is 16.2. The first-order valence-corrected chi connectivity index (χ1v) is 6.19. The van der Waals surface area contributed by atoms with E-state index in [9.17, 15) is 9.59 Å². The number of amides is 2. The van der Waals surface area contributed by atoms with Crippen LogP contribution in [0.1, 0.15) is 24.8 Å². The summed E-state index contributed by atoms with van der Waals surface area (Å²) >= 11 is 0. The molecular formula is C13H15N3O2. The summed E-state index contributed by atoms with van der Waals surface area (Å²) < 4.78 is 0. The van der Waals surface area contributed by atoms with Crippen molar-refractivity contribution in [3.63, 3.8) is 0 Å². The van der Waals surface area contributed by atoms with E-state index < -0.39 is 0 Å². The Hall–Kier alpha value is -1.91. The number of aryl methyl sites for hydroxylation is 1. The molecule has 1 aliphatic carbocycles. The lowest BCUT2D eigenvalue weighted by molar-refractivity contribution is -0.122. The molecule has 1 saturated carbocycles. The van der Waals surface area contributed by atoms with Crippen molar-refractivity contribution < 1.29 is 9.59 Å². The lowest BCUT2D eigenvalue weighted by atomic mass is 10.00. The van der Waals surface area contributed by atoms with Crippen molar-refractivity contribution >= 4 is 23.3 Å². The number of nitrogens with two attached hydrogens (primary N) is 1. The summed E-state index contributed by atoms with van der Waals surface area (Å²) in [5.74, 6) is -0.00755. The van der Waals surface area contributed by atoms with Gasteiger partial charge in [-0.3, -0.25) is 9.59 Å². The SMILES string of the molecule is Cc1cc(N)cnc1N1C(=O)C2CCCC2C1=O. The molecule has 18 heavy (non-hydrogen) atoms. The lowest BCUT2D eigenvalue weighted by Crippen LogP contribution is -2.33. The summed E-state index contributed by atoms with van der Waals surface area (Å²) in [5, 5.41) is 0. The van der Waals surface area contributed by atoms with E-state index in [1.165, 1.54) is 11.1 Å². The molecule has 1 saturated heterocycles. The molecule has 5 heteroatoms. The van der Waals surface area contributed by atoms with Crippen LogP contribution in [0.3, 0.4) is 0 Å². The Morgan fingerprint density at radius 2 is 1.89 bits per heavy atom. The second-order valence-corrected chi connectivity index (χ2v) is 5.06. The number of hydrogen-bond donors (Lipinski definition) is 1. The fraction of sp³-hybridized carbons (Fsp3) is 0.462. The maximum absolute atomic E-state index is 12.3. The van der Waals surface area contributed by atoms with Gasteiger partial charge in [0.25, 0.3) is 0 Å². The molecule has 0 aromatic carbocycles. The van der Waals surface area contributed by atoms with Crippen molar-refractivity contribution in [3.8, 4) is 0 Å². The molecule has 2 unspecified atom stereocenters. The summed E-state index contributed by atoms with van der Waals surface area (Å²) in [6.07, 6.45) is 4.09. The predicted octanol–water partition coefficient (Wildman–Crippen LogP) is 1.26. The van der Waals surface area contributed by atoms with E-state index in [2.05, 4.69) is 4.98 Å². The molecule has 1 aromatic rings. The van der Waals surface area contributed by atoms with E-state index in [4.69, 9.17) is 5.73 Å². The highest BCUT2D eigenvalue weighted by Crippen LogP contribution is 2.41. The molecule has 3 rings (SSSR count). The number of pyridine rings is 1. The molecule has 2 atom stereocenters.